The highest BCUT2D eigenvalue weighted by Gasteiger charge is 2.29. The number of amides is 2. The van der Waals surface area contributed by atoms with E-state index in [9.17, 15) is 14.0 Å². The third-order valence-corrected chi connectivity index (χ3v) is 4.28. The molecule has 3 rings (SSSR count). The number of halogens is 2. The van der Waals surface area contributed by atoms with Gasteiger partial charge in [0.05, 0.1) is 22.9 Å². The van der Waals surface area contributed by atoms with Gasteiger partial charge in [-0.3, -0.25) is 9.59 Å². The van der Waals surface area contributed by atoms with Gasteiger partial charge in [0.15, 0.2) is 0 Å². The highest BCUT2D eigenvalue weighted by atomic mass is 35.5. The molecule has 0 radical (unpaired) electrons. The summed E-state index contributed by atoms with van der Waals surface area (Å²) in [6, 6.07) is 11.1. The molecule has 1 heterocycles. The molecule has 25 heavy (non-hydrogen) atoms. The standard InChI is InChI=1S/C18H17ClFN3O2/c1-11-8-17(24)22-15-4-2-3-5-16(15)23(11)18(25)10-21-12-6-7-14(20)13(19)9-12/h2-7,9,11,21H,8,10H2,1H3,(H,22,24)/t11-/m1/s1. The summed E-state index contributed by atoms with van der Waals surface area (Å²) in [4.78, 5) is 26.3. The molecule has 0 saturated heterocycles. The lowest BCUT2D eigenvalue weighted by molar-refractivity contribution is -0.118. The van der Waals surface area contributed by atoms with E-state index in [0.717, 1.165) is 0 Å². The molecule has 0 aromatic heterocycles. The van der Waals surface area contributed by atoms with Crippen LogP contribution in [0.4, 0.5) is 21.5 Å². The van der Waals surface area contributed by atoms with Crippen molar-refractivity contribution in [3.8, 4) is 0 Å². The lowest BCUT2D eigenvalue weighted by Gasteiger charge is -2.28. The summed E-state index contributed by atoms with van der Waals surface area (Å²) >= 11 is 5.75. The molecule has 0 unspecified atom stereocenters. The van der Waals surface area contributed by atoms with Crippen molar-refractivity contribution in [2.75, 3.05) is 22.1 Å². The number of benzene rings is 2. The van der Waals surface area contributed by atoms with Crippen LogP contribution in [-0.2, 0) is 9.59 Å². The molecule has 2 aromatic rings. The lowest BCUT2D eigenvalue weighted by Crippen LogP contribution is -2.42. The Hall–Kier alpha value is -2.60. The Morgan fingerprint density at radius 2 is 2.12 bits per heavy atom. The van der Waals surface area contributed by atoms with Crippen LogP contribution in [0.15, 0.2) is 42.5 Å². The first kappa shape index (κ1) is 17.2. The number of carbonyl (C=O) groups is 2. The van der Waals surface area contributed by atoms with Crippen molar-refractivity contribution in [1.29, 1.82) is 0 Å². The first-order chi connectivity index (χ1) is 12.0. The molecule has 0 fully saturated rings. The van der Waals surface area contributed by atoms with Crippen LogP contribution in [0.25, 0.3) is 0 Å². The first-order valence-corrected chi connectivity index (χ1v) is 8.23. The van der Waals surface area contributed by atoms with Gasteiger partial charge in [-0.2, -0.15) is 0 Å². The van der Waals surface area contributed by atoms with Crippen molar-refractivity contribution in [3.63, 3.8) is 0 Å². The number of nitrogens with zero attached hydrogens (tertiary/aromatic N) is 1. The van der Waals surface area contributed by atoms with Gasteiger partial charge in [-0.05, 0) is 37.3 Å². The summed E-state index contributed by atoms with van der Waals surface area (Å²) in [6.45, 7) is 1.82. The van der Waals surface area contributed by atoms with Crippen molar-refractivity contribution in [2.24, 2.45) is 0 Å². The molecule has 2 aromatic carbocycles. The molecule has 1 aliphatic heterocycles. The summed E-state index contributed by atoms with van der Waals surface area (Å²) < 4.78 is 13.2. The van der Waals surface area contributed by atoms with Crippen LogP contribution < -0.4 is 15.5 Å². The highest BCUT2D eigenvalue weighted by molar-refractivity contribution is 6.31. The van der Waals surface area contributed by atoms with Crippen molar-refractivity contribution < 1.29 is 14.0 Å². The Bertz CT molecular complexity index is 828. The number of carbonyl (C=O) groups excluding carboxylic acids is 2. The van der Waals surface area contributed by atoms with Crippen LogP contribution in [0.5, 0.6) is 0 Å². The minimum absolute atomic E-state index is 0.00513. The van der Waals surface area contributed by atoms with Crippen LogP contribution in [0, 0.1) is 5.82 Å². The molecular formula is C18H17ClFN3O2. The van der Waals surface area contributed by atoms with E-state index in [2.05, 4.69) is 10.6 Å². The van der Waals surface area contributed by atoms with Gasteiger partial charge in [0, 0.05) is 18.2 Å². The quantitative estimate of drug-likeness (QED) is 0.877. The average Bonchev–Trinajstić information content (AvgIpc) is 2.70. The molecule has 0 saturated carbocycles. The first-order valence-electron chi connectivity index (χ1n) is 7.85. The number of rotatable bonds is 3. The third kappa shape index (κ3) is 3.74. The Labute approximate surface area is 149 Å². The summed E-state index contributed by atoms with van der Waals surface area (Å²) in [5.74, 6) is -0.844. The van der Waals surface area contributed by atoms with Gasteiger partial charge in [-0.25, -0.2) is 4.39 Å². The number of hydrogen-bond donors (Lipinski definition) is 2. The smallest absolute Gasteiger partial charge is 0.246 e. The number of fused-ring (bicyclic) bond motifs is 1. The van der Waals surface area contributed by atoms with Crippen LogP contribution in [0.2, 0.25) is 5.02 Å². The van der Waals surface area contributed by atoms with Crippen molar-refractivity contribution in [2.45, 2.75) is 19.4 Å². The molecule has 2 amide bonds. The topological polar surface area (TPSA) is 61.4 Å². The summed E-state index contributed by atoms with van der Waals surface area (Å²) in [5, 5.41) is 5.74. The van der Waals surface area contributed by atoms with Crippen LogP contribution in [-0.4, -0.2) is 24.4 Å². The predicted octanol–water partition coefficient (Wildman–Crippen LogP) is 3.65. The van der Waals surface area contributed by atoms with Crippen LogP contribution >= 0.6 is 11.6 Å². The van der Waals surface area contributed by atoms with Crippen molar-refractivity contribution in [1.82, 2.24) is 0 Å². The Morgan fingerprint density at radius 3 is 2.88 bits per heavy atom. The van der Waals surface area contributed by atoms with Gasteiger partial charge in [0.1, 0.15) is 5.82 Å². The maximum absolute atomic E-state index is 13.2. The molecule has 0 aliphatic carbocycles. The number of para-hydroxylation sites is 2. The Kier molecular flexibility index (Phi) is 4.90. The van der Waals surface area contributed by atoms with Gasteiger partial charge in [0.2, 0.25) is 11.8 Å². The fourth-order valence-electron chi connectivity index (χ4n) is 2.84. The number of hydrogen-bond acceptors (Lipinski definition) is 3. The Balaban J connectivity index is 1.80. The summed E-state index contributed by atoms with van der Waals surface area (Å²) in [6.07, 6.45) is 0.211. The molecule has 1 atom stereocenters. The van der Waals surface area contributed by atoms with E-state index in [1.54, 1.807) is 23.1 Å². The average molecular weight is 362 g/mol. The van der Waals surface area contributed by atoms with E-state index >= 15 is 0 Å². The molecule has 0 spiro atoms. The van der Waals surface area contributed by atoms with Gasteiger partial charge in [0.25, 0.3) is 0 Å². The fraction of sp³-hybridized carbons (Fsp3) is 0.222. The summed E-state index contributed by atoms with van der Waals surface area (Å²) in [5.41, 5.74) is 1.81. The van der Waals surface area contributed by atoms with Crippen LogP contribution in [0.1, 0.15) is 13.3 Å². The summed E-state index contributed by atoms with van der Waals surface area (Å²) in [7, 11) is 0. The SMILES string of the molecule is C[C@@H]1CC(=O)Nc2ccccc2N1C(=O)CNc1ccc(F)c(Cl)c1. The lowest BCUT2D eigenvalue weighted by atomic mass is 10.1. The minimum atomic E-state index is -0.516. The second kappa shape index (κ2) is 7.11. The van der Waals surface area contributed by atoms with Gasteiger partial charge < -0.3 is 15.5 Å². The second-order valence-electron chi connectivity index (χ2n) is 5.86. The van der Waals surface area contributed by atoms with Crippen molar-refractivity contribution >= 4 is 40.5 Å². The maximum Gasteiger partial charge on any atom is 0.246 e. The number of nitrogens with one attached hydrogen (secondary N) is 2. The minimum Gasteiger partial charge on any atom is -0.376 e. The zero-order valence-electron chi connectivity index (χ0n) is 13.6. The van der Waals surface area contributed by atoms with E-state index < -0.39 is 5.82 Å². The predicted molar refractivity (Wildman–Crippen MR) is 96.5 cm³/mol. The molecule has 7 heteroatoms. The Morgan fingerprint density at radius 1 is 1.36 bits per heavy atom. The van der Waals surface area contributed by atoms with Gasteiger partial charge >= 0.3 is 0 Å². The maximum atomic E-state index is 13.2. The second-order valence-corrected chi connectivity index (χ2v) is 6.27. The molecule has 1 aliphatic rings. The molecule has 130 valence electrons. The third-order valence-electron chi connectivity index (χ3n) is 3.99. The van der Waals surface area contributed by atoms with Crippen molar-refractivity contribution in [3.05, 3.63) is 53.3 Å². The zero-order chi connectivity index (χ0) is 18.0. The monoisotopic (exact) mass is 361 g/mol. The van der Waals surface area contributed by atoms with E-state index in [1.165, 1.54) is 18.2 Å². The molecule has 5 nitrogen and oxygen atoms in total. The molecule has 2 N–H and O–H groups in total. The zero-order valence-corrected chi connectivity index (χ0v) is 14.3. The fourth-order valence-corrected chi connectivity index (χ4v) is 3.02. The molecule has 0 bridgehead atoms. The largest absolute Gasteiger partial charge is 0.376 e. The normalized spacial score (nSPS) is 16.7. The number of anilines is 3. The van der Waals surface area contributed by atoms with Gasteiger partial charge in [-0.15, -0.1) is 0 Å². The van der Waals surface area contributed by atoms with E-state index in [1.807, 2.05) is 13.0 Å². The van der Waals surface area contributed by atoms with E-state index in [4.69, 9.17) is 11.6 Å². The van der Waals surface area contributed by atoms with Gasteiger partial charge in [-0.1, -0.05) is 23.7 Å². The van der Waals surface area contributed by atoms with E-state index in [0.29, 0.717) is 17.1 Å². The van der Waals surface area contributed by atoms with E-state index in [-0.39, 0.29) is 35.8 Å². The molecular weight excluding hydrogens is 345 g/mol. The van der Waals surface area contributed by atoms with Crippen LogP contribution in [0.3, 0.4) is 0 Å². The highest BCUT2D eigenvalue weighted by Crippen LogP contribution is 2.31.